The zero-order chi connectivity index (χ0) is 77.6. The zero-order valence-electron chi connectivity index (χ0n) is 68.0. The zero-order valence-corrected chi connectivity index (χ0v) is 70.3. The van der Waals surface area contributed by atoms with Crippen LogP contribution in [0.2, 0.25) is 10.0 Å². The molecule has 8 nitrogen and oxygen atoms in total. The fourth-order valence-corrected chi connectivity index (χ4v) is 11.1. The van der Waals surface area contributed by atoms with Gasteiger partial charge in [-0.15, -0.1) is 11.8 Å². The number of hydrogen-bond acceptors (Lipinski definition) is 8. The summed E-state index contributed by atoms with van der Waals surface area (Å²) in [6.07, 6.45) is 8.15. The van der Waals surface area contributed by atoms with E-state index < -0.39 is 11.3 Å². The second-order valence-corrected chi connectivity index (χ2v) is 32.5. The van der Waals surface area contributed by atoms with Crippen LogP contribution in [0.3, 0.4) is 0 Å². The minimum absolute atomic E-state index is 0.0205. The molecule has 1 unspecified atom stereocenters. The second kappa shape index (κ2) is 48.8. The third kappa shape index (κ3) is 37.5. The molecule has 1 fully saturated rings. The largest absolute Gasteiger partial charge is 0.469 e. The van der Waals surface area contributed by atoms with Crippen LogP contribution < -0.4 is 9.64 Å². The van der Waals surface area contributed by atoms with Gasteiger partial charge in [0.25, 0.3) is 5.69 Å². The first-order chi connectivity index (χ1) is 47.7. The average Bonchev–Trinajstić information content (AvgIpc) is 0.867. The number of alkyl halides is 1. The number of halogens is 3. The minimum Gasteiger partial charge on any atom is -0.469 e. The average molecular weight is 1460 g/mol. The van der Waals surface area contributed by atoms with E-state index in [2.05, 4.69) is 271 Å². The van der Waals surface area contributed by atoms with E-state index in [1.165, 1.54) is 121 Å². The van der Waals surface area contributed by atoms with Crippen molar-refractivity contribution in [1.29, 1.82) is 0 Å². The lowest BCUT2D eigenvalue weighted by Crippen LogP contribution is -2.31. The molecule has 0 radical (unpaired) electrons. The van der Waals surface area contributed by atoms with Crippen LogP contribution in [-0.4, -0.2) is 69.2 Å². The number of thioether (sulfide) groups is 1. The smallest absolute Gasteiger partial charge is 0.306 e. The van der Waals surface area contributed by atoms with E-state index in [0.29, 0.717) is 53.1 Å². The van der Waals surface area contributed by atoms with Crippen LogP contribution >= 0.6 is 35.0 Å². The number of nitro benzene ring substituents is 1. The molecule has 12 heteroatoms. The molecule has 0 saturated carbocycles. The molecule has 0 aromatic heterocycles. The normalized spacial score (nSPS) is 12.4. The number of methoxy groups -OCH3 is 1. The van der Waals surface area contributed by atoms with Crippen LogP contribution in [0.5, 0.6) is 5.75 Å². The molecule has 7 aromatic carbocycles. The Bertz CT molecular complexity index is 3400. The highest BCUT2D eigenvalue weighted by Gasteiger charge is 2.25. The molecule has 1 atom stereocenters. The van der Waals surface area contributed by atoms with Gasteiger partial charge in [-0.05, 0) is 215 Å². The van der Waals surface area contributed by atoms with E-state index in [-0.39, 0.29) is 28.0 Å². The first-order valence-electron chi connectivity index (χ1n) is 37.2. The Balaban J connectivity index is 0.000000585. The summed E-state index contributed by atoms with van der Waals surface area (Å²) in [5.41, 5.74) is 14.2. The predicted octanol–water partition coefficient (Wildman–Crippen LogP) is 27.7. The highest BCUT2D eigenvalue weighted by Crippen LogP contribution is 2.32. The van der Waals surface area contributed by atoms with Gasteiger partial charge in [0, 0.05) is 48.1 Å². The number of benzene rings is 7. The van der Waals surface area contributed by atoms with Gasteiger partial charge in [-0.2, -0.15) is 0 Å². The number of nitro groups is 1. The number of nitrogens with zero attached hydrogens (tertiary/aromatic N) is 3. The molecular formula is C90H134Cl2FN3O5S. The van der Waals surface area contributed by atoms with Crippen LogP contribution in [0.1, 0.15) is 288 Å². The number of hydrogen-bond donors (Lipinski definition) is 0. The molecule has 8 rings (SSSR count). The molecule has 1 saturated heterocycles. The van der Waals surface area contributed by atoms with Gasteiger partial charge in [-0.1, -0.05) is 278 Å². The van der Waals surface area contributed by atoms with Crippen LogP contribution in [0, 0.1) is 23.0 Å². The summed E-state index contributed by atoms with van der Waals surface area (Å²) in [4.78, 5) is 27.5. The van der Waals surface area contributed by atoms with Gasteiger partial charge in [-0.25, -0.2) is 4.39 Å². The summed E-state index contributed by atoms with van der Waals surface area (Å²) < 4.78 is 22.2. The quantitative estimate of drug-likeness (QED) is 0.0323. The topological polar surface area (TPSA) is 85.2 Å². The number of ether oxygens (including phenoxy) is 2. The first kappa shape index (κ1) is 93.8. The second-order valence-electron chi connectivity index (χ2n) is 30.8. The SMILES string of the molecule is CC(C)CCN1CCCCC1.CC(C)c1ccc(Cl)c([N+](=O)[O-])c1.CC(C)c1ccc(N(C)C)cc1.CC(F)Oc1cccc(C(C)C)c1.CCC(C)(C)c1ccc(C(C)C)cc1.COC(=O)CC(C)(C)c1ccc(C(C)C)cc1.CSc1cccc(C(C)C)c1.Cc1cc(C(C)C)ccc1Cl. The summed E-state index contributed by atoms with van der Waals surface area (Å²) in [6, 6.07) is 53.6. The van der Waals surface area contributed by atoms with Crippen molar-refractivity contribution in [3.63, 3.8) is 0 Å². The van der Waals surface area contributed by atoms with Gasteiger partial charge >= 0.3 is 5.97 Å². The minimum atomic E-state index is -1.25. The Hall–Kier alpha value is -6.17. The lowest BCUT2D eigenvalue weighted by Gasteiger charge is -2.26. The molecule has 0 bridgehead atoms. The van der Waals surface area contributed by atoms with Crippen molar-refractivity contribution in [3.8, 4) is 5.75 Å². The number of aryl methyl sites for hydroxylation is 1. The summed E-state index contributed by atoms with van der Waals surface area (Å²) in [5.74, 6) is 5.05. The standard InChI is InChI=1S/C15H22O2.C14H22.C11H15FO.C11H17N.C10H13Cl.C10H21N.C10H14S.C9H10ClNO2/c1-11(2)12-6-8-13(9-7-12)15(3,4)10-14(16)17-5;1-6-14(4,5)13-9-7-12(8-10-13)11(2)3;1-8(2)10-5-4-6-11(7-10)13-9(3)12;1-9(2)10-5-7-11(8-6-10)12(3)4;1-7(2)9-4-5-10(11)8(3)6-9;1-10(2)6-9-11-7-4-3-5-8-11;1-8(2)9-5-4-6-10(7-9)11-3;1-6(2)7-3-4-8(10)9(5-7)11(12)13/h6-9,11H,10H2,1-5H3;7-11H,6H2,1-5H3;4-9H,1-3H3;5-9H,1-4H3;4-7H,1-3H3;10H,3-9H2,1-2H3;4-8H,1-3H3;3-6H,1-2H3. The van der Waals surface area contributed by atoms with E-state index in [1.54, 1.807) is 30.0 Å². The van der Waals surface area contributed by atoms with Gasteiger partial charge in [0.2, 0.25) is 6.36 Å². The number of esters is 1. The van der Waals surface area contributed by atoms with Crippen LogP contribution in [-0.2, 0) is 20.4 Å². The Kier molecular flexibility index (Phi) is 44.9. The Morgan fingerprint density at radius 2 is 0.961 bits per heavy atom. The maximum atomic E-state index is 12.5. The molecule has 1 aliphatic heterocycles. The Morgan fingerprint density at radius 1 is 0.559 bits per heavy atom. The molecule has 1 heterocycles. The van der Waals surface area contributed by atoms with Gasteiger partial charge in [0.15, 0.2) is 0 Å². The molecule has 0 aliphatic carbocycles. The van der Waals surface area contributed by atoms with Gasteiger partial charge < -0.3 is 19.3 Å². The summed E-state index contributed by atoms with van der Waals surface area (Å²) in [6.45, 7) is 53.3. The van der Waals surface area contributed by atoms with Crippen LogP contribution in [0.15, 0.2) is 163 Å². The molecule has 566 valence electrons. The monoisotopic (exact) mass is 1460 g/mol. The van der Waals surface area contributed by atoms with Crippen molar-refractivity contribution in [1.82, 2.24) is 4.90 Å². The number of carbonyl (C=O) groups excluding carboxylic acids is 1. The lowest BCUT2D eigenvalue weighted by molar-refractivity contribution is -0.384. The van der Waals surface area contributed by atoms with Crippen molar-refractivity contribution in [2.24, 2.45) is 5.92 Å². The molecule has 7 aromatic rings. The van der Waals surface area contributed by atoms with E-state index in [0.717, 1.165) is 27.6 Å². The fourth-order valence-electron chi connectivity index (χ4n) is 10.3. The Labute approximate surface area is 635 Å². The summed E-state index contributed by atoms with van der Waals surface area (Å²) >= 11 is 13.3. The number of likely N-dealkylation sites (tertiary alicyclic amines) is 1. The lowest BCUT2D eigenvalue weighted by atomic mass is 9.81. The van der Waals surface area contributed by atoms with Gasteiger partial charge in [0.05, 0.1) is 18.5 Å². The number of rotatable bonds is 20. The Morgan fingerprint density at radius 3 is 1.35 bits per heavy atom. The van der Waals surface area contributed by atoms with Crippen molar-refractivity contribution >= 4 is 52.3 Å². The van der Waals surface area contributed by atoms with Crippen molar-refractivity contribution in [2.45, 2.75) is 261 Å². The number of piperidine rings is 1. The summed E-state index contributed by atoms with van der Waals surface area (Å²) in [7, 11) is 5.55. The molecule has 102 heavy (non-hydrogen) atoms. The molecule has 0 spiro atoms. The van der Waals surface area contributed by atoms with Gasteiger partial charge in [0.1, 0.15) is 10.8 Å². The third-order valence-electron chi connectivity index (χ3n) is 18.2. The highest BCUT2D eigenvalue weighted by molar-refractivity contribution is 7.98. The van der Waals surface area contributed by atoms with Crippen molar-refractivity contribution in [3.05, 3.63) is 234 Å². The number of carbonyl (C=O) groups is 1. The van der Waals surface area contributed by atoms with Crippen LogP contribution in [0.25, 0.3) is 0 Å². The van der Waals surface area contributed by atoms with Crippen molar-refractivity contribution in [2.75, 3.05) is 52.0 Å². The maximum absolute atomic E-state index is 12.5. The first-order valence-corrected chi connectivity index (χ1v) is 39.2. The van der Waals surface area contributed by atoms with Crippen LogP contribution in [0.4, 0.5) is 15.8 Å². The molecule has 0 amide bonds. The van der Waals surface area contributed by atoms with Gasteiger partial charge in [-0.3, -0.25) is 14.9 Å². The highest BCUT2D eigenvalue weighted by atomic mass is 35.5. The third-order valence-corrected chi connectivity index (χ3v) is 19.7. The van der Waals surface area contributed by atoms with E-state index in [1.807, 2.05) is 45.0 Å². The van der Waals surface area contributed by atoms with E-state index in [4.69, 9.17) is 32.7 Å². The molecule has 1 aliphatic rings. The van der Waals surface area contributed by atoms with Crippen molar-refractivity contribution < 1.29 is 23.6 Å². The predicted molar refractivity (Wildman–Crippen MR) is 445 cm³/mol. The molecular weight excluding hydrogens is 1320 g/mol. The molecule has 0 N–H and O–H groups in total. The summed E-state index contributed by atoms with van der Waals surface area (Å²) in [5, 5.41) is 11.6. The fraction of sp³-hybridized carbons (Fsp3) is 0.522. The van der Waals surface area contributed by atoms with E-state index in [9.17, 15) is 19.3 Å². The number of anilines is 1. The maximum Gasteiger partial charge on any atom is 0.306 e. The van der Waals surface area contributed by atoms with E-state index >= 15 is 0 Å².